The van der Waals surface area contributed by atoms with Gasteiger partial charge in [0.25, 0.3) is 0 Å². The second kappa shape index (κ2) is 16.0. The molecule has 0 radical (unpaired) electrons. The van der Waals surface area contributed by atoms with Crippen molar-refractivity contribution < 1.29 is 53.1 Å². The lowest BCUT2D eigenvalue weighted by Gasteiger charge is -2.64. The molecule has 0 aromatic heterocycles. The van der Waals surface area contributed by atoms with Gasteiger partial charge >= 0.3 is 24.1 Å². The van der Waals surface area contributed by atoms with Crippen molar-refractivity contribution in [3.63, 3.8) is 0 Å². The van der Waals surface area contributed by atoms with Crippen LogP contribution in [0.1, 0.15) is 175 Å². The van der Waals surface area contributed by atoms with Gasteiger partial charge in [0, 0.05) is 17.3 Å². The summed E-state index contributed by atoms with van der Waals surface area (Å²) in [6.45, 7) is 32.8. The van der Waals surface area contributed by atoms with Crippen molar-refractivity contribution in [1.29, 1.82) is 0 Å². The van der Waals surface area contributed by atoms with Crippen LogP contribution in [0.2, 0.25) is 0 Å². The number of aliphatic hydroxyl groups excluding tert-OH is 1. The van der Waals surface area contributed by atoms with E-state index in [1.54, 1.807) is 55.4 Å². The van der Waals surface area contributed by atoms with Gasteiger partial charge in [-0.1, -0.05) is 55.4 Å². The fourth-order valence-corrected chi connectivity index (χ4v) is 14.7. The predicted octanol–water partition coefficient (Wildman–Crippen LogP) is 8.64. The van der Waals surface area contributed by atoms with Gasteiger partial charge in [0.05, 0.1) is 23.4 Å². The van der Waals surface area contributed by atoms with Gasteiger partial charge in [-0.3, -0.25) is 0 Å². The molecule has 2 amide bonds. The lowest BCUT2D eigenvalue weighted by Crippen LogP contribution is -2.63. The Kier molecular flexibility index (Phi) is 12.7. The van der Waals surface area contributed by atoms with Crippen LogP contribution in [0.5, 0.6) is 0 Å². The zero-order chi connectivity index (χ0) is 47.5. The van der Waals surface area contributed by atoms with Gasteiger partial charge < -0.3 is 44.5 Å². The monoisotopic (exact) mass is 889 g/mol. The Morgan fingerprint density at radius 2 is 1.21 bits per heavy atom. The summed E-state index contributed by atoms with van der Waals surface area (Å²) in [6.07, 6.45) is 3.36. The number of hydrogen-bond donors (Lipinski definition) is 4. The summed E-state index contributed by atoms with van der Waals surface area (Å²) in [7, 11) is 0. The molecule has 1 unspecified atom stereocenters. The number of fused-ring (bicyclic) bond motifs is 2. The van der Waals surface area contributed by atoms with Crippen LogP contribution in [0.25, 0.3) is 0 Å². The molecule has 6 fully saturated rings. The second-order valence-corrected chi connectivity index (χ2v) is 25.4. The minimum atomic E-state index is -1.01. The van der Waals surface area contributed by atoms with Gasteiger partial charge in [-0.05, 0) is 160 Å². The lowest BCUT2D eigenvalue weighted by molar-refractivity contribution is -0.226. The number of rotatable bonds is 10. The van der Waals surface area contributed by atoms with E-state index in [4.69, 9.17) is 23.7 Å². The number of nitrogens with one attached hydrogen (secondary N) is 2. The largest absolute Gasteiger partial charge is 0.460 e. The normalized spacial score (nSPS) is 40.4. The Labute approximate surface area is 377 Å². The Morgan fingerprint density at radius 3 is 1.68 bits per heavy atom. The molecule has 63 heavy (non-hydrogen) atoms. The first-order chi connectivity index (χ1) is 28.6. The number of alkyl carbamates (subject to hydrolysis) is 2. The Morgan fingerprint density at radius 1 is 0.683 bits per heavy atom. The molecule has 5 aliphatic carbocycles. The number of carbonyl (C=O) groups excluding carboxylic acids is 4. The second-order valence-electron chi connectivity index (χ2n) is 25.4. The third-order valence-electron chi connectivity index (χ3n) is 17.4. The molecule has 13 heteroatoms. The average Bonchev–Trinajstić information content (AvgIpc) is 3.46. The van der Waals surface area contributed by atoms with E-state index in [0.29, 0.717) is 19.3 Å². The Balaban J connectivity index is 1.36. The molecule has 6 rings (SSSR count). The van der Waals surface area contributed by atoms with Crippen LogP contribution in [-0.2, 0) is 33.3 Å². The van der Waals surface area contributed by atoms with Crippen molar-refractivity contribution in [3.8, 4) is 0 Å². The van der Waals surface area contributed by atoms with Crippen LogP contribution in [0.3, 0.4) is 0 Å². The Hall–Kier alpha value is -2.64. The maximum absolute atomic E-state index is 14.6. The third kappa shape index (κ3) is 8.64. The van der Waals surface area contributed by atoms with Gasteiger partial charge in [0.15, 0.2) is 0 Å². The Bertz CT molecular complexity index is 1780. The van der Waals surface area contributed by atoms with Crippen LogP contribution in [0.15, 0.2) is 0 Å². The van der Waals surface area contributed by atoms with E-state index in [2.05, 4.69) is 45.3 Å². The first-order valence-corrected chi connectivity index (χ1v) is 24.1. The van der Waals surface area contributed by atoms with E-state index in [0.717, 1.165) is 38.5 Å². The third-order valence-corrected chi connectivity index (χ3v) is 17.4. The van der Waals surface area contributed by atoms with Gasteiger partial charge in [-0.2, -0.15) is 0 Å². The smallest absolute Gasteiger partial charge is 0.408 e. The first kappa shape index (κ1) is 49.8. The number of amides is 2. The van der Waals surface area contributed by atoms with Crippen molar-refractivity contribution in [2.24, 2.45) is 56.7 Å². The van der Waals surface area contributed by atoms with Gasteiger partial charge in [-0.25, -0.2) is 19.2 Å². The van der Waals surface area contributed by atoms with E-state index in [9.17, 15) is 29.4 Å². The van der Waals surface area contributed by atoms with Crippen molar-refractivity contribution >= 4 is 24.1 Å². The minimum absolute atomic E-state index is 0.0757. The summed E-state index contributed by atoms with van der Waals surface area (Å²) < 4.78 is 31.2. The molecular weight excluding hydrogens is 805 g/mol. The SMILES string of the molecule is CC(C)[C@H](NC(=O)OC(C)(C)C)C(=O)O[C@H]1CC2[C@]3(CC[C@]4(C)[C@@H]([C@@]5(C)CC[C@@H](C(C)(C)O)O5)[C@@H](O)C[C@@]24C)C[C@@]32CC[C@H](OC(=O)[C@@H](NC(=O)OC(C)(C)C)C(C)C)C(C)(C)[C@H]12. The van der Waals surface area contributed by atoms with Crippen molar-refractivity contribution in [1.82, 2.24) is 10.6 Å². The van der Waals surface area contributed by atoms with E-state index in [-0.39, 0.29) is 57.4 Å². The summed E-state index contributed by atoms with van der Waals surface area (Å²) in [6, 6.07) is -1.91. The predicted molar refractivity (Wildman–Crippen MR) is 238 cm³/mol. The lowest BCUT2D eigenvalue weighted by atomic mass is 9.41. The highest BCUT2D eigenvalue weighted by molar-refractivity contribution is 5.82. The minimum Gasteiger partial charge on any atom is -0.460 e. The average molecular weight is 889 g/mol. The van der Waals surface area contributed by atoms with Crippen molar-refractivity contribution in [2.75, 3.05) is 0 Å². The topological polar surface area (TPSA) is 179 Å². The van der Waals surface area contributed by atoms with Crippen LogP contribution in [0, 0.1) is 56.7 Å². The molecule has 0 aromatic rings. The van der Waals surface area contributed by atoms with Gasteiger partial charge in [0.1, 0.15) is 35.5 Å². The number of carbonyl (C=O) groups is 4. The number of hydrogen-bond acceptors (Lipinski definition) is 11. The van der Waals surface area contributed by atoms with Crippen molar-refractivity contribution in [2.45, 2.75) is 234 Å². The number of aliphatic hydroxyl groups is 2. The quantitative estimate of drug-likeness (QED) is 0.122. The standard InChI is InChI=1S/C50H84N2O11/c1-27(2)34(51-40(56)62-42(5,6)7)38(54)59-30-24-31-47(16)25-29(53)36(48(17)20-18-33(61-48)45(13,14)58)46(47,15)22-23-49(31)26-50(49)21-19-32(44(11,12)37(30)50)60-39(55)35(28(3)4)52-41(57)63-43(8,9)10/h27-37,53,58H,18-26H2,1-17H3,(H,51,56)(H,52,57)/t29-,30-,31?,32-,33-,34-,35-,36-,37-,46+,47-,48+,49-,50+/m0/s1. The van der Waals surface area contributed by atoms with Crippen LogP contribution >= 0.6 is 0 Å². The summed E-state index contributed by atoms with van der Waals surface area (Å²) in [5.74, 6) is -1.89. The highest BCUT2D eigenvalue weighted by atomic mass is 16.6. The summed E-state index contributed by atoms with van der Waals surface area (Å²) in [5, 5.41) is 28.9. The maximum Gasteiger partial charge on any atom is 0.408 e. The molecule has 5 saturated carbocycles. The van der Waals surface area contributed by atoms with Crippen molar-refractivity contribution in [3.05, 3.63) is 0 Å². The zero-order valence-corrected chi connectivity index (χ0v) is 41.8. The molecule has 13 nitrogen and oxygen atoms in total. The summed E-state index contributed by atoms with van der Waals surface area (Å²) in [5.41, 5.74) is -4.76. The van der Waals surface area contributed by atoms with Crippen LogP contribution in [-0.4, -0.2) is 93.2 Å². The molecule has 360 valence electrons. The van der Waals surface area contributed by atoms with E-state index >= 15 is 0 Å². The molecule has 2 spiro atoms. The number of ether oxygens (including phenoxy) is 5. The fourth-order valence-electron chi connectivity index (χ4n) is 14.7. The maximum atomic E-state index is 14.6. The molecular formula is C50H84N2O11. The molecule has 0 bridgehead atoms. The molecule has 1 heterocycles. The molecule has 0 aromatic carbocycles. The molecule has 1 saturated heterocycles. The molecule has 1 aliphatic heterocycles. The highest BCUT2D eigenvalue weighted by Crippen LogP contribution is 2.89. The van der Waals surface area contributed by atoms with Crippen LogP contribution in [0.4, 0.5) is 9.59 Å². The first-order valence-electron chi connectivity index (χ1n) is 24.1. The van der Waals surface area contributed by atoms with Gasteiger partial charge in [0.2, 0.25) is 0 Å². The van der Waals surface area contributed by atoms with Gasteiger partial charge in [-0.15, -0.1) is 0 Å². The van der Waals surface area contributed by atoms with E-state index in [1.165, 1.54) is 0 Å². The fraction of sp³-hybridized carbons (Fsp3) is 0.920. The molecule has 4 N–H and O–H groups in total. The van der Waals surface area contributed by atoms with E-state index < -0.39 is 82.3 Å². The van der Waals surface area contributed by atoms with Crippen LogP contribution < -0.4 is 10.6 Å². The molecule has 14 atom stereocenters. The van der Waals surface area contributed by atoms with E-state index in [1.807, 2.05) is 27.7 Å². The zero-order valence-electron chi connectivity index (χ0n) is 41.8. The highest BCUT2D eigenvalue weighted by Gasteiger charge is 2.85. The molecule has 6 aliphatic rings. The summed E-state index contributed by atoms with van der Waals surface area (Å²) in [4.78, 5) is 54.8. The number of esters is 2. The summed E-state index contributed by atoms with van der Waals surface area (Å²) >= 11 is 0.